The molecule has 1 heterocycles. The summed E-state index contributed by atoms with van der Waals surface area (Å²) < 4.78 is 0. The molecule has 1 amide bonds. The van der Waals surface area contributed by atoms with E-state index in [4.69, 9.17) is 11.6 Å². The van der Waals surface area contributed by atoms with Crippen molar-refractivity contribution in [2.45, 2.75) is 0 Å². The Morgan fingerprint density at radius 3 is 2.48 bits per heavy atom. The van der Waals surface area contributed by atoms with Crippen molar-refractivity contribution in [2.75, 3.05) is 5.32 Å². The van der Waals surface area contributed by atoms with Gasteiger partial charge in [0.25, 0.3) is 17.3 Å². The van der Waals surface area contributed by atoms with Gasteiger partial charge in [-0.25, -0.2) is 0 Å². The first kappa shape index (κ1) is 18.4. The van der Waals surface area contributed by atoms with Crippen LogP contribution in [0, 0.1) is 20.2 Å². The molecule has 0 bridgehead atoms. The highest BCUT2D eigenvalue weighted by atomic mass is 35.5. The first-order valence-electron chi connectivity index (χ1n) is 7.19. The number of aromatic nitrogens is 2. The van der Waals surface area contributed by atoms with Gasteiger partial charge in [0.1, 0.15) is 5.56 Å². The van der Waals surface area contributed by atoms with E-state index in [1.165, 1.54) is 0 Å². The average molecular weight is 406 g/mol. The summed E-state index contributed by atoms with van der Waals surface area (Å²) >= 11 is 7.12. The Labute approximate surface area is 159 Å². The summed E-state index contributed by atoms with van der Waals surface area (Å²) in [7, 11) is 0. The highest BCUT2D eigenvalue weighted by Gasteiger charge is 2.25. The Kier molecular flexibility index (Phi) is 5.05. The number of benzene rings is 2. The SMILES string of the molecule is O=C(Nc1nnc(-c2ccccc2Cl)s1)c1ccc([N+](=O)[O-])cc1[N+](=O)[O-]. The van der Waals surface area contributed by atoms with Gasteiger partial charge in [0, 0.05) is 11.6 Å². The van der Waals surface area contributed by atoms with E-state index in [-0.39, 0.29) is 10.7 Å². The molecule has 136 valence electrons. The van der Waals surface area contributed by atoms with Crippen molar-refractivity contribution in [3.05, 3.63) is 73.3 Å². The molecule has 10 nitrogen and oxygen atoms in total. The van der Waals surface area contributed by atoms with Gasteiger partial charge in [0.05, 0.1) is 20.9 Å². The van der Waals surface area contributed by atoms with Crippen molar-refractivity contribution in [1.82, 2.24) is 10.2 Å². The number of hydrogen-bond donors (Lipinski definition) is 1. The third kappa shape index (κ3) is 3.88. The van der Waals surface area contributed by atoms with Crippen LogP contribution in [0.15, 0.2) is 42.5 Å². The van der Waals surface area contributed by atoms with Gasteiger partial charge < -0.3 is 0 Å². The lowest BCUT2D eigenvalue weighted by Gasteiger charge is -2.02. The quantitative estimate of drug-likeness (QED) is 0.500. The molecule has 0 atom stereocenters. The van der Waals surface area contributed by atoms with Crippen LogP contribution in [0.3, 0.4) is 0 Å². The van der Waals surface area contributed by atoms with Gasteiger partial charge in [-0.3, -0.25) is 30.3 Å². The Hall–Kier alpha value is -3.44. The maximum absolute atomic E-state index is 12.4. The summed E-state index contributed by atoms with van der Waals surface area (Å²) in [5, 5.41) is 33.1. The predicted molar refractivity (Wildman–Crippen MR) is 98.1 cm³/mol. The molecule has 0 saturated carbocycles. The van der Waals surface area contributed by atoms with Crippen molar-refractivity contribution in [2.24, 2.45) is 0 Å². The van der Waals surface area contributed by atoms with Gasteiger partial charge >= 0.3 is 0 Å². The number of hydrogen-bond acceptors (Lipinski definition) is 8. The first-order chi connectivity index (χ1) is 12.9. The number of halogens is 1. The van der Waals surface area contributed by atoms with E-state index in [2.05, 4.69) is 15.5 Å². The molecule has 12 heteroatoms. The lowest BCUT2D eigenvalue weighted by molar-refractivity contribution is -0.394. The molecule has 0 spiro atoms. The minimum absolute atomic E-state index is 0.0996. The smallest absolute Gasteiger partial charge is 0.289 e. The Morgan fingerprint density at radius 2 is 1.81 bits per heavy atom. The second-order valence-corrected chi connectivity index (χ2v) is 6.45. The second kappa shape index (κ2) is 7.43. The number of anilines is 1. The number of rotatable bonds is 5. The Morgan fingerprint density at radius 1 is 1.07 bits per heavy atom. The molecular weight excluding hydrogens is 398 g/mol. The molecule has 3 aromatic rings. The summed E-state index contributed by atoms with van der Waals surface area (Å²) in [4.78, 5) is 32.6. The molecule has 0 unspecified atom stereocenters. The Balaban J connectivity index is 1.87. The highest BCUT2D eigenvalue weighted by Crippen LogP contribution is 2.32. The summed E-state index contributed by atoms with van der Waals surface area (Å²) in [5.74, 6) is -0.835. The van der Waals surface area contributed by atoms with Crippen molar-refractivity contribution >= 4 is 45.4 Å². The molecule has 0 aliphatic heterocycles. The molecule has 0 aliphatic carbocycles. The van der Waals surface area contributed by atoms with Crippen LogP contribution in [0.2, 0.25) is 5.02 Å². The number of carbonyl (C=O) groups excluding carboxylic acids is 1. The Bertz CT molecular complexity index is 1070. The van der Waals surface area contributed by atoms with Gasteiger partial charge in [-0.15, -0.1) is 10.2 Å². The molecule has 0 aliphatic rings. The van der Waals surface area contributed by atoms with Gasteiger partial charge in [-0.05, 0) is 12.1 Å². The second-order valence-electron chi connectivity index (χ2n) is 5.06. The zero-order valence-corrected chi connectivity index (χ0v) is 14.7. The molecule has 27 heavy (non-hydrogen) atoms. The van der Waals surface area contributed by atoms with Crippen molar-refractivity contribution < 1.29 is 14.6 Å². The molecule has 1 aromatic heterocycles. The molecule has 2 aromatic carbocycles. The molecule has 0 radical (unpaired) electrons. The maximum atomic E-state index is 12.4. The monoisotopic (exact) mass is 405 g/mol. The van der Waals surface area contributed by atoms with Crippen LogP contribution < -0.4 is 5.32 Å². The third-order valence-corrected chi connectivity index (χ3v) is 4.58. The van der Waals surface area contributed by atoms with E-state index in [0.717, 1.165) is 29.5 Å². The fraction of sp³-hybridized carbons (Fsp3) is 0. The van der Waals surface area contributed by atoms with E-state index in [1.807, 2.05) is 0 Å². The van der Waals surface area contributed by atoms with Gasteiger partial charge in [0.2, 0.25) is 5.13 Å². The fourth-order valence-corrected chi connectivity index (χ4v) is 3.22. The van der Waals surface area contributed by atoms with Crippen LogP contribution in [0.5, 0.6) is 0 Å². The van der Waals surface area contributed by atoms with E-state index < -0.39 is 27.1 Å². The zero-order chi connectivity index (χ0) is 19.6. The van der Waals surface area contributed by atoms with Crippen molar-refractivity contribution in [3.8, 4) is 10.6 Å². The number of non-ortho nitro benzene ring substituents is 1. The van der Waals surface area contributed by atoms with E-state index in [0.29, 0.717) is 15.6 Å². The maximum Gasteiger partial charge on any atom is 0.289 e. The van der Waals surface area contributed by atoms with Crippen LogP contribution in [-0.2, 0) is 0 Å². The van der Waals surface area contributed by atoms with E-state index in [9.17, 15) is 25.0 Å². The molecule has 0 fully saturated rings. The largest absolute Gasteiger partial charge is 0.296 e. The van der Waals surface area contributed by atoms with Crippen LogP contribution in [-0.4, -0.2) is 26.0 Å². The lowest BCUT2D eigenvalue weighted by Crippen LogP contribution is -2.14. The zero-order valence-electron chi connectivity index (χ0n) is 13.2. The molecular formula is C15H8ClN5O5S. The number of nitrogens with zero attached hydrogens (tertiary/aromatic N) is 4. The van der Waals surface area contributed by atoms with Crippen LogP contribution in [0.25, 0.3) is 10.6 Å². The first-order valence-corrected chi connectivity index (χ1v) is 8.39. The van der Waals surface area contributed by atoms with Crippen LogP contribution >= 0.6 is 22.9 Å². The number of carbonyl (C=O) groups is 1. The topological polar surface area (TPSA) is 141 Å². The number of nitrogens with one attached hydrogen (secondary N) is 1. The number of nitro benzene ring substituents is 2. The average Bonchev–Trinajstić information content (AvgIpc) is 3.09. The lowest BCUT2D eigenvalue weighted by atomic mass is 10.1. The molecule has 3 rings (SSSR count). The van der Waals surface area contributed by atoms with Crippen LogP contribution in [0.4, 0.5) is 16.5 Å². The summed E-state index contributed by atoms with van der Waals surface area (Å²) in [6.07, 6.45) is 0. The minimum atomic E-state index is -0.864. The highest BCUT2D eigenvalue weighted by molar-refractivity contribution is 7.18. The van der Waals surface area contributed by atoms with Gasteiger partial charge in [-0.2, -0.15) is 0 Å². The molecule has 0 saturated heterocycles. The number of amides is 1. The van der Waals surface area contributed by atoms with Crippen molar-refractivity contribution in [3.63, 3.8) is 0 Å². The summed E-state index contributed by atoms with van der Waals surface area (Å²) in [6, 6.07) is 9.68. The molecule has 1 N–H and O–H groups in total. The van der Waals surface area contributed by atoms with E-state index >= 15 is 0 Å². The van der Waals surface area contributed by atoms with Crippen LogP contribution in [0.1, 0.15) is 10.4 Å². The number of nitro groups is 2. The van der Waals surface area contributed by atoms with Gasteiger partial charge in [0.15, 0.2) is 5.01 Å². The summed E-state index contributed by atoms with van der Waals surface area (Å²) in [6.45, 7) is 0. The standard InChI is InChI=1S/C15H8ClN5O5S/c16-11-4-2-1-3-9(11)14-18-19-15(27-14)17-13(22)10-6-5-8(20(23)24)7-12(10)21(25)26/h1-7H,(H,17,19,22). The summed E-state index contributed by atoms with van der Waals surface area (Å²) in [5.41, 5.74) is -0.883. The van der Waals surface area contributed by atoms with Gasteiger partial charge in [-0.1, -0.05) is 41.1 Å². The van der Waals surface area contributed by atoms with Crippen molar-refractivity contribution in [1.29, 1.82) is 0 Å². The predicted octanol–water partition coefficient (Wildman–Crippen LogP) is 3.93. The van der Waals surface area contributed by atoms with E-state index in [1.54, 1.807) is 24.3 Å². The normalized spacial score (nSPS) is 10.4. The third-order valence-electron chi connectivity index (χ3n) is 3.38. The fourth-order valence-electron chi connectivity index (χ4n) is 2.16. The minimum Gasteiger partial charge on any atom is -0.296 e.